The summed E-state index contributed by atoms with van der Waals surface area (Å²) in [6.07, 6.45) is 1.88. The van der Waals surface area contributed by atoms with Gasteiger partial charge in [-0.25, -0.2) is 0 Å². The molecule has 0 spiro atoms. The maximum absolute atomic E-state index is 11.1. The molecule has 0 fully saturated rings. The van der Waals surface area contributed by atoms with Gasteiger partial charge in [0.05, 0.1) is 6.04 Å². The zero-order valence-corrected chi connectivity index (χ0v) is 8.68. The van der Waals surface area contributed by atoms with E-state index in [9.17, 15) is 10.3 Å². The summed E-state index contributed by atoms with van der Waals surface area (Å²) >= 11 is 0. The van der Waals surface area contributed by atoms with Gasteiger partial charge in [0, 0.05) is 11.6 Å². The molecule has 0 aromatic carbocycles. The average molecular weight is 210 g/mol. The second-order valence-corrected chi connectivity index (χ2v) is 4.30. The van der Waals surface area contributed by atoms with Gasteiger partial charge in [0.25, 0.3) is 0 Å². The number of rotatable bonds is 0. The Morgan fingerprint density at radius 1 is 1.60 bits per heavy atom. The first-order chi connectivity index (χ1) is 6.92. The summed E-state index contributed by atoms with van der Waals surface area (Å²) in [5.41, 5.74) is 5.76. The molecule has 5 nitrogen and oxygen atoms in total. The second-order valence-electron chi connectivity index (χ2n) is 4.30. The van der Waals surface area contributed by atoms with Gasteiger partial charge in [-0.3, -0.25) is 0 Å². The van der Waals surface area contributed by atoms with Crippen molar-refractivity contribution in [1.82, 2.24) is 0 Å². The van der Waals surface area contributed by atoms with Crippen molar-refractivity contribution in [3.05, 3.63) is 29.2 Å². The smallest absolute Gasteiger partial charge is 0.222 e. The number of aliphatic hydroxyl groups excluding tert-OH is 1. The molecule has 0 aliphatic carbocycles. The van der Waals surface area contributed by atoms with Crippen molar-refractivity contribution in [3.8, 4) is 5.75 Å². The molecule has 0 radical (unpaired) electrons. The van der Waals surface area contributed by atoms with Gasteiger partial charge in [-0.15, -0.1) is 0 Å². The maximum Gasteiger partial charge on any atom is 0.222 e. The van der Waals surface area contributed by atoms with Crippen LogP contribution >= 0.6 is 0 Å². The summed E-state index contributed by atoms with van der Waals surface area (Å²) in [5, 5.41) is 21.0. The maximum atomic E-state index is 11.1. The lowest BCUT2D eigenvalue weighted by Gasteiger charge is -2.39. The molecule has 3 N–H and O–H groups in total. The number of aliphatic hydroxyl groups is 1. The molecular weight excluding hydrogens is 196 g/mol. The molecule has 5 heteroatoms. The Morgan fingerprint density at radius 3 is 2.93 bits per heavy atom. The van der Waals surface area contributed by atoms with Gasteiger partial charge in [0.2, 0.25) is 6.20 Å². The Bertz CT molecular complexity index is 392. The summed E-state index contributed by atoms with van der Waals surface area (Å²) in [7, 11) is 0. The van der Waals surface area contributed by atoms with Gasteiger partial charge in [0.1, 0.15) is 11.7 Å². The fraction of sp³-hybridized carbons (Fsp3) is 0.500. The van der Waals surface area contributed by atoms with Crippen LogP contribution in [0.15, 0.2) is 18.5 Å². The number of hydrogen-bond acceptors (Lipinski definition) is 4. The molecule has 15 heavy (non-hydrogen) atoms. The van der Waals surface area contributed by atoms with Crippen molar-refractivity contribution in [3.63, 3.8) is 0 Å². The predicted molar refractivity (Wildman–Crippen MR) is 53.0 cm³/mol. The van der Waals surface area contributed by atoms with Crippen molar-refractivity contribution in [2.45, 2.75) is 31.6 Å². The molecule has 82 valence electrons. The minimum Gasteiger partial charge on any atom is -0.619 e. The van der Waals surface area contributed by atoms with Crippen LogP contribution in [-0.4, -0.2) is 16.8 Å². The molecule has 2 rings (SSSR count). The third-order valence-electron chi connectivity index (χ3n) is 2.71. The SMILES string of the molecule is CC1(C)Oc2c[n+]([O-])ccc2C(N)C1O. The Morgan fingerprint density at radius 2 is 2.27 bits per heavy atom. The van der Waals surface area contributed by atoms with E-state index in [0.717, 1.165) is 0 Å². The van der Waals surface area contributed by atoms with Crippen molar-refractivity contribution in [2.75, 3.05) is 0 Å². The molecule has 2 unspecified atom stereocenters. The lowest BCUT2D eigenvalue weighted by molar-refractivity contribution is -0.606. The molecule has 0 saturated carbocycles. The topological polar surface area (TPSA) is 82.4 Å². The first-order valence-electron chi connectivity index (χ1n) is 4.77. The highest BCUT2D eigenvalue weighted by Crippen LogP contribution is 2.37. The number of nitrogens with two attached hydrogens (primary N) is 1. The lowest BCUT2D eigenvalue weighted by atomic mass is 9.88. The molecule has 0 amide bonds. The van der Waals surface area contributed by atoms with E-state index in [1.807, 2.05) is 0 Å². The van der Waals surface area contributed by atoms with Crippen LogP contribution in [0.25, 0.3) is 0 Å². The van der Waals surface area contributed by atoms with Crippen LogP contribution in [0, 0.1) is 5.21 Å². The first-order valence-corrected chi connectivity index (χ1v) is 4.77. The highest BCUT2D eigenvalue weighted by Gasteiger charge is 2.42. The van der Waals surface area contributed by atoms with E-state index in [0.29, 0.717) is 16.0 Å². The third kappa shape index (κ3) is 1.53. The normalized spacial score (nSPS) is 28.0. The van der Waals surface area contributed by atoms with E-state index in [-0.39, 0.29) is 0 Å². The van der Waals surface area contributed by atoms with Gasteiger partial charge in [-0.05, 0) is 13.8 Å². The number of fused-ring (bicyclic) bond motifs is 1. The van der Waals surface area contributed by atoms with Crippen molar-refractivity contribution < 1.29 is 14.6 Å². The van der Waals surface area contributed by atoms with Crippen LogP contribution in [0.5, 0.6) is 5.75 Å². The zero-order chi connectivity index (χ0) is 11.2. The molecular formula is C10H14N2O3. The number of pyridine rings is 1. The molecule has 1 aliphatic rings. The Hall–Kier alpha value is -1.33. The standard InChI is InChI=1S/C10H14N2O3/c1-10(2)9(13)8(11)6-3-4-12(14)5-7(6)15-10/h3-5,8-9,13H,11H2,1-2H3. The summed E-state index contributed by atoms with van der Waals surface area (Å²) in [6, 6.07) is 1.05. The van der Waals surface area contributed by atoms with Gasteiger partial charge in [-0.1, -0.05) is 0 Å². The summed E-state index contributed by atoms with van der Waals surface area (Å²) in [6.45, 7) is 3.48. The predicted octanol–water partition coefficient (Wildman–Crippen LogP) is -0.148. The number of nitrogens with zero attached hydrogens (tertiary/aromatic N) is 1. The largest absolute Gasteiger partial charge is 0.619 e. The van der Waals surface area contributed by atoms with E-state index < -0.39 is 17.7 Å². The molecule has 1 aliphatic heterocycles. The number of hydrogen-bond donors (Lipinski definition) is 2. The zero-order valence-electron chi connectivity index (χ0n) is 8.68. The van der Waals surface area contributed by atoms with E-state index >= 15 is 0 Å². The molecule has 1 aromatic rings. The second kappa shape index (κ2) is 3.08. The fourth-order valence-corrected chi connectivity index (χ4v) is 1.78. The number of aromatic nitrogens is 1. The van der Waals surface area contributed by atoms with Crippen LogP contribution in [0.3, 0.4) is 0 Å². The van der Waals surface area contributed by atoms with Crippen molar-refractivity contribution in [2.24, 2.45) is 5.73 Å². The van der Waals surface area contributed by atoms with Crippen LogP contribution in [0.2, 0.25) is 0 Å². The van der Waals surface area contributed by atoms with E-state index in [2.05, 4.69) is 0 Å². The van der Waals surface area contributed by atoms with Crippen molar-refractivity contribution in [1.29, 1.82) is 0 Å². The highest BCUT2D eigenvalue weighted by molar-refractivity contribution is 5.35. The van der Waals surface area contributed by atoms with E-state index in [1.165, 1.54) is 12.4 Å². The van der Waals surface area contributed by atoms with Crippen LogP contribution in [-0.2, 0) is 0 Å². The van der Waals surface area contributed by atoms with E-state index in [1.54, 1.807) is 19.9 Å². The minimum atomic E-state index is -0.785. The molecule has 0 bridgehead atoms. The Balaban J connectivity index is 2.50. The highest BCUT2D eigenvalue weighted by atomic mass is 16.5. The fourth-order valence-electron chi connectivity index (χ4n) is 1.78. The minimum absolute atomic E-state index is 0.440. The average Bonchev–Trinajstić information content (AvgIpc) is 2.13. The summed E-state index contributed by atoms with van der Waals surface area (Å²) in [4.78, 5) is 0. The summed E-state index contributed by atoms with van der Waals surface area (Å²) < 4.78 is 6.18. The van der Waals surface area contributed by atoms with Gasteiger partial charge < -0.3 is 20.8 Å². The molecule has 2 heterocycles. The third-order valence-corrected chi connectivity index (χ3v) is 2.71. The molecule has 1 aromatic heterocycles. The quantitative estimate of drug-likeness (QED) is 0.461. The van der Waals surface area contributed by atoms with Gasteiger partial charge in [0.15, 0.2) is 11.9 Å². The van der Waals surface area contributed by atoms with E-state index in [4.69, 9.17) is 10.5 Å². The Labute approximate surface area is 87.7 Å². The molecule has 0 saturated heterocycles. The monoisotopic (exact) mass is 210 g/mol. The Kier molecular flexibility index (Phi) is 2.09. The van der Waals surface area contributed by atoms with Crippen LogP contribution in [0.4, 0.5) is 0 Å². The van der Waals surface area contributed by atoms with Crippen LogP contribution < -0.4 is 15.2 Å². The lowest BCUT2D eigenvalue weighted by Crippen LogP contribution is -2.51. The first kappa shape index (κ1) is 10.2. The van der Waals surface area contributed by atoms with Gasteiger partial charge >= 0.3 is 0 Å². The summed E-state index contributed by atoms with van der Waals surface area (Å²) in [5.74, 6) is 0.440. The molecule has 2 atom stereocenters. The van der Waals surface area contributed by atoms with Gasteiger partial charge in [-0.2, -0.15) is 4.73 Å². The number of ether oxygens (including phenoxy) is 1. The van der Waals surface area contributed by atoms with Crippen molar-refractivity contribution >= 4 is 0 Å². The van der Waals surface area contributed by atoms with Crippen LogP contribution in [0.1, 0.15) is 25.5 Å².